The minimum Gasteiger partial charge on any atom is -0.463 e. The highest BCUT2D eigenvalue weighted by atomic mass is 16.7. The monoisotopic (exact) mass is 504 g/mol. The SMILES string of the molecule is CC(=O)OCC1OC2C(C3(CO)OC(CO)C(OC(C)=O)C3OC(C)=O)C2(C)C(OC(C)=O)C1O. The Balaban J connectivity index is 2.04. The first kappa shape index (κ1) is 27.3. The maximum atomic E-state index is 12.0. The van der Waals surface area contributed by atoms with E-state index in [1.165, 1.54) is 6.92 Å². The number of rotatable bonds is 8. The number of aliphatic hydroxyl groups excluding tert-OH is 3. The van der Waals surface area contributed by atoms with Crippen LogP contribution < -0.4 is 0 Å². The molecule has 3 N–H and O–H groups in total. The number of carbonyl (C=O) groups excluding carboxylic acids is 4. The summed E-state index contributed by atoms with van der Waals surface area (Å²) in [5.74, 6) is -3.65. The number of esters is 4. The van der Waals surface area contributed by atoms with Gasteiger partial charge in [0.25, 0.3) is 0 Å². The molecule has 198 valence electrons. The lowest BCUT2D eigenvalue weighted by Crippen LogP contribution is -2.55. The van der Waals surface area contributed by atoms with Crippen molar-refractivity contribution in [1.29, 1.82) is 0 Å². The van der Waals surface area contributed by atoms with E-state index in [0.717, 1.165) is 20.8 Å². The summed E-state index contributed by atoms with van der Waals surface area (Å²) in [5, 5.41) is 31.4. The van der Waals surface area contributed by atoms with Crippen LogP contribution in [0.1, 0.15) is 34.6 Å². The van der Waals surface area contributed by atoms with Gasteiger partial charge in [0.05, 0.1) is 19.3 Å². The smallest absolute Gasteiger partial charge is 0.303 e. The zero-order valence-corrected chi connectivity index (χ0v) is 20.2. The first-order valence-electron chi connectivity index (χ1n) is 11.2. The molecule has 10 atom stereocenters. The van der Waals surface area contributed by atoms with Gasteiger partial charge in [-0.2, -0.15) is 0 Å². The van der Waals surface area contributed by atoms with E-state index in [0.29, 0.717) is 0 Å². The van der Waals surface area contributed by atoms with Crippen LogP contribution >= 0.6 is 0 Å². The van der Waals surface area contributed by atoms with Crippen molar-refractivity contribution >= 4 is 23.9 Å². The van der Waals surface area contributed by atoms with E-state index in [1.807, 2.05) is 0 Å². The van der Waals surface area contributed by atoms with E-state index >= 15 is 0 Å². The van der Waals surface area contributed by atoms with E-state index in [1.54, 1.807) is 6.92 Å². The zero-order chi connectivity index (χ0) is 26.3. The number of carbonyl (C=O) groups is 4. The molecule has 13 nitrogen and oxygen atoms in total. The second-order valence-electron chi connectivity index (χ2n) is 9.32. The van der Waals surface area contributed by atoms with E-state index in [4.69, 9.17) is 28.4 Å². The summed E-state index contributed by atoms with van der Waals surface area (Å²) < 4.78 is 33.2. The molecule has 13 heteroatoms. The van der Waals surface area contributed by atoms with Crippen LogP contribution in [0.25, 0.3) is 0 Å². The second kappa shape index (κ2) is 9.97. The van der Waals surface area contributed by atoms with Crippen molar-refractivity contribution in [3.63, 3.8) is 0 Å². The molecule has 0 aromatic heterocycles. The number of ether oxygens (including phenoxy) is 6. The molecule has 1 aliphatic carbocycles. The van der Waals surface area contributed by atoms with Gasteiger partial charge in [0, 0.05) is 39.0 Å². The highest BCUT2D eigenvalue weighted by Gasteiger charge is 2.82. The minimum atomic E-state index is -1.76. The van der Waals surface area contributed by atoms with Gasteiger partial charge in [-0.1, -0.05) is 6.92 Å². The van der Waals surface area contributed by atoms with Crippen LogP contribution in [-0.4, -0.2) is 107 Å². The van der Waals surface area contributed by atoms with Crippen LogP contribution in [0.3, 0.4) is 0 Å². The number of aliphatic hydroxyl groups is 3. The topological polar surface area (TPSA) is 184 Å². The molecule has 3 aliphatic rings. The Morgan fingerprint density at radius 2 is 1.43 bits per heavy atom. The molecule has 0 bridgehead atoms. The van der Waals surface area contributed by atoms with Gasteiger partial charge >= 0.3 is 23.9 Å². The Morgan fingerprint density at radius 3 is 1.91 bits per heavy atom. The van der Waals surface area contributed by atoms with E-state index < -0.39 is 96.8 Å². The fourth-order valence-electron chi connectivity index (χ4n) is 5.56. The maximum Gasteiger partial charge on any atom is 0.303 e. The quantitative estimate of drug-likeness (QED) is 0.249. The molecule has 2 heterocycles. The molecule has 2 aliphatic heterocycles. The summed E-state index contributed by atoms with van der Waals surface area (Å²) in [5.41, 5.74) is -2.91. The van der Waals surface area contributed by atoms with Gasteiger partial charge in [-0.15, -0.1) is 0 Å². The zero-order valence-electron chi connectivity index (χ0n) is 20.2. The fourth-order valence-corrected chi connectivity index (χ4v) is 5.56. The first-order valence-corrected chi connectivity index (χ1v) is 11.2. The summed E-state index contributed by atoms with van der Waals surface area (Å²) in [6, 6.07) is 0. The molecule has 2 saturated heterocycles. The summed E-state index contributed by atoms with van der Waals surface area (Å²) in [6.07, 6.45) is -8.25. The van der Waals surface area contributed by atoms with Crippen molar-refractivity contribution < 1.29 is 62.9 Å². The van der Waals surface area contributed by atoms with E-state index in [9.17, 15) is 34.5 Å². The van der Waals surface area contributed by atoms with Crippen molar-refractivity contribution in [3.05, 3.63) is 0 Å². The molecule has 10 unspecified atom stereocenters. The van der Waals surface area contributed by atoms with Crippen LogP contribution in [0.15, 0.2) is 0 Å². The Kier molecular flexibility index (Phi) is 7.77. The lowest BCUT2D eigenvalue weighted by atomic mass is 9.81. The molecular weight excluding hydrogens is 472 g/mol. The molecule has 3 fully saturated rings. The molecule has 1 saturated carbocycles. The Hall–Kier alpha value is -2.32. The van der Waals surface area contributed by atoms with Crippen LogP contribution in [0, 0.1) is 11.3 Å². The predicted molar refractivity (Wildman–Crippen MR) is 111 cm³/mol. The van der Waals surface area contributed by atoms with Crippen LogP contribution in [0.5, 0.6) is 0 Å². The molecule has 0 amide bonds. The van der Waals surface area contributed by atoms with Gasteiger partial charge in [-0.25, -0.2) is 0 Å². The molecule has 35 heavy (non-hydrogen) atoms. The highest BCUT2D eigenvalue weighted by Crippen LogP contribution is 2.68. The summed E-state index contributed by atoms with van der Waals surface area (Å²) in [4.78, 5) is 46.9. The Bertz CT molecular complexity index is 860. The van der Waals surface area contributed by atoms with Crippen LogP contribution in [0.2, 0.25) is 0 Å². The molecule has 0 aromatic rings. The standard InChI is InChI=1S/C22H32O13/c1-9(25)30-7-14-15(29)18(32-11(3)27)21(5)17(20(21)34-14)22(8-24)19(33-12(4)28)16(31-10(2)26)13(6-23)35-22/h13-20,23-24,29H,6-8H2,1-5H3. The van der Waals surface area contributed by atoms with E-state index in [2.05, 4.69) is 0 Å². The van der Waals surface area contributed by atoms with Crippen molar-refractivity contribution in [2.45, 2.75) is 82.9 Å². The molecular formula is C22H32O13. The van der Waals surface area contributed by atoms with Gasteiger partial charge < -0.3 is 43.7 Å². The first-order chi connectivity index (χ1) is 16.3. The number of fused-ring (bicyclic) bond motifs is 1. The molecule has 3 rings (SSSR count). The van der Waals surface area contributed by atoms with Gasteiger partial charge in [-0.05, 0) is 0 Å². The van der Waals surface area contributed by atoms with Crippen molar-refractivity contribution in [2.75, 3.05) is 19.8 Å². The Morgan fingerprint density at radius 1 is 0.857 bits per heavy atom. The molecule has 0 aromatic carbocycles. The van der Waals surface area contributed by atoms with Gasteiger partial charge in [0.15, 0.2) is 12.2 Å². The van der Waals surface area contributed by atoms with Crippen LogP contribution in [-0.2, 0) is 47.6 Å². The third kappa shape index (κ3) is 4.75. The lowest BCUT2D eigenvalue weighted by molar-refractivity contribution is -0.200. The molecule has 0 spiro atoms. The third-order valence-electron chi connectivity index (χ3n) is 6.91. The molecule has 0 radical (unpaired) electrons. The van der Waals surface area contributed by atoms with Crippen LogP contribution in [0.4, 0.5) is 0 Å². The highest BCUT2D eigenvalue weighted by molar-refractivity contribution is 5.68. The Labute approximate surface area is 201 Å². The van der Waals surface area contributed by atoms with Gasteiger partial charge in [-0.3, -0.25) is 19.2 Å². The number of hydrogen-bond donors (Lipinski definition) is 3. The van der Waals surface area contributed by atoms with E-state index in [-0.39, 0.29) is 6.61 Å². The second-order valence-corrected chi connectivity index (χ2v) is 9.32. The van der Waals surface area contributed by atoms with Crippen molar-refractivity contribution in [2.24, 2.45) is 11.3 Å². The van der Waals surface area contributed by atoms with Crippen molar-refractivity contribution in [3.8, 4) is 0 Å². The normalized spacial score (nSPS) is 41.9. The largest absolute Gasteiger partial charge is 0.463 e. The summed E-state index contributed by atoms with van der Waals surface area (Å²) >= 11 is 0. The van der Waals surface area contributed by atoms with Gasteiger partial charge in [0.1, 0.15) is 36.6 Å². The van der Waals surface area contributed by atoms with Crippen molar-refractivity contribution in [1.82, 2.24) is 0 Å². The average molecular weight is 504 g/mol. The fraction of sp³-hybridized carbons (Fsp3) is 0.818. The summed E-state index contributed by atoms with van der Waals surface area (Å²) in [7, 11) is 0. The average Bonchev–Trinajstić information content (AvgIpc) is 3.27. The number of hydrogen-bond acceptors (Lipinski definition) is 13. The van der Waals surface area contributed by atoms with Gasteiger partial charge in [0.2, 0.25) is 0 Å². The minimum absolute atomic E-state index is 0.330. The predicted octanol–water partition coefficient (Wildman–Crippen LogP) is -1.77. The maximum absolute atomic E-state index is 12.0. The third-order valence-corrected chi connectivity index (χ3v) is 6.91. The lowest BCUT2D eigenvalue weighted by Gasteiger charge is -2.38. The summed E-state index contributed by atoms with van der Waals surface area (Å²) in [6.45, 7) is 4.53.